The molecule has 2 aromatic heterocycles. The van der Waals surface area contributed by atoms with Gasteiger partial charge in [0.2, 0.25) is 5.92 Å². The topological polar surface area (TPSA) is 101 Å². The standard InChI is InChI=1S/C35H34F3N3O4.CH3.Li/c1-7-15-34(36,22(2)3)28(14-16-35(37,38)23(4)5)27(21-42)19-25-11-10-12-26(18-25)20-29(33(44)45)39-32(43)31-24(6)30-13-8-9-17-41(30)40-31;;/h7-15,17-18,29H,2,4,19-20H2,1,3,5-6H3,(H,39,43)(H,44,45);1H3;/q-2;-1;+1/b15-7+,28-27+;;/t29-,34?;;/m0../s1. The number of aryl methyl sites for hydroxylation is 1. The summed E-state index contributed by atoms with van der Waals surface area (Å²) in [5, 5.41) is 16.7. The summed E-state index contributed by atoms with van der Waals surface area (Å²) in [6.45, 7) is 12.6. The summed E-state index contributed by atoms with van der Waals surface area (Å²) in [4.78, 5) is 37.3. The Kier molecular flexibility index (Phi) is 14.7. The predicted molar refractivity (Wildman–Crippen MR) is 173 cm³/mol. The summed E-state index contributed by atoms with van der Waals surface area (Å²) in [6.07, 6.45) is 8.05. The van der Waals surface area contributed by atoms with E-state index in [9.17, 15) is 28.3 Å². The molecule has 3 aromatic rings. The summed E-state index contributed by atoms with van der Waals surface area (Å²) >= 11 is 0. The number of allylic oxidation sites excluding steroid dienone is 8. The van der Waals surface area contributed by atoms with Crippen molar-refractivity contribution < 1.29 is 51.5 Å². The fraction of sp³-hybridized carbons (Fsp3) is 0.250. The van der Waals surface area contributed by atoms with E-state index >= 15 is 4.39 Å². The fourth-order valence-corrected chi connectivity index (χ4v) is 4.65. The number of carbonyl (C=O) groups is 2. The maximum absolute atomic E-state index is 16.3. The maximum atomic E-state index is 16.3. The third-order valence-electron chi connectivity index (χ3n) is 7.21. The molecule has 7 nitrogen and oxygen atoms in total. The summed E-state index contributed by atoms with van der Waals surface area (Å²) in [5.41, 5.74) is -1.48. The van der Waals surface area contributed by atoms with Crippen LogP contribution in [-0.2, 0) is 22.4 Å². The van der Waals surface area contributed by atoms with E-state index in [4.69, 9.17) is 0 Å². The van der Waals surface area contributed by atoms with Crippen LogP contribution in [0.4, 0.5) is 13.2 Å². The number of fused-ring (bicyclic) bond motifs is 1. The number of halogens is 3. The first kappa shape index (κ1) is 40.6. The summed E-state index contributed by atoms with van der Waals surface area (Å²) in [6, 6.07) is 10.4. The van der Waals surface area contributed by atoms with Gasteiger partial charge in [0.1, 0.15) is 11.7 Å². The zero-order valence-electron chi connectivity index (χ0n) is 27.5. The summed E-state index contributed by atoms with van der Waals surface area (Å²) in [7, 11) is 0. The Bertz CT molecular complexity index is 1740. The first-order chi connectivity index (χ1) is 21.1. The third kappa shape index (κ3) is 9.57. The van der Waals surface area contributed by atoms with Crippen molar-refractivity contribution in [2.24, 2.45) is 0 Å². The number of nitrogens with one attached hydrogen (secondary N) is 1. The minimum absolute atomic E-state index is 0. The molecule has 0 saturated heterocycles. The van der Waals surface area contributed by atoms with Crippen LogP contribution in [0.5, 0.6) is 0 Å². The van der Waals surface area contributed by atoms with Gasteiger partial charge in [-0.15, -0.1) is 0 Å². The molecular formula is C36H37F3LiN3O4-2. The molecule has 0 spiro atoms. The van der Waals surface area contributed by atoms with Crippen molar-refractivity contribution >= 4 is 23.7 Å². The van der Waals surface area contributed by atoms with Crippen LogP contribution < -0.4 is 24.2 Å². The second-order valence-corrected chi connectivity index (χ2v) is 10.7. The third-order valence-corrected chi connectivity index (χ3v) is 7.21. The van der Waals surface area contributed by atoms with Crippen LogP contribution in [0.1, 0.15) is 48.0 Å². The van der Waals surface area contributed by atoms with E-state index in [2.05, 4.69) is 23.6 Å². The van der Waals surface area contributed by atoms with Crippen molar-refractivity contribution in [2.75, 3.05) is 0 Å². The number of alkyl halides is 3. The van der Waals surface area contributed by atoms with Gasteiger partial charge in [-0.2, -0.15) is 22.3 Å². The predicted octanol–water partition coefficient (Wildman–Crippen LogP) is 3.90. The fourth-order valence-electron chi connectivity index (χ4n) is 4.65. The average molecular weight is 640 g/mol. The molecule has 47 heavy (non-hydrogen) atoms. The molecule has 3 rings (SSSR count). The number of aromatic nitrogens is 2. The van der Waals surface area contributed by atoms with Gasteiger partial charge in [-0.1, -0.05) is 61.2 Å². The Morgan fingerprint density at radius 3 is 2.32 bits per heavy atom. The van der Waals surface area contributed by atoms with Crippen molar-refractivity contribution in [3.8, 4) is 0 Å². The molecule has 2 N–H and O–H groups in total. The number of carbonyl (C=O) groups excluding carboxylic acids is 2. The monoisotopic (exact) mass is 639 g/mol. The Hall–Kier alpha value is -4.39. The van der Waals surface area contributed by atoms with Gasteiger partial charge in [-0.3, -0.25) is 4.79 Å². The smallest absolute Gasteiger partial charge is 0.480 e. The Balaban J connectivity index is 0.00000552. The van der Waals surface area contributed by atoms with Crippen molar-refractivity contribution in [2.45, 2.75) is 58.2 Å². The molecular weight excluding hydrogens is 602 g/mol. The van der Waals surface area contributed by atoms with Gasteiger partial charge >= 0.3 is 24.8 Å². The van der Waals surface area contributed by atoms with Crippen LogP contribution in [-0.4, -0.2) is 50.5 Å². The molecule has 0 bridgehead atoms. The van der Waals surface area contributed by atoms with Crippen LogP contribution in [0.15, 0.2) is 102 Å². The van der Waals surface area contributed by atoms with Gasteiger partial charge in [-0.25, -0.2) is 28.6 Å². The first-order valence-corrected chi connectivity index (χ1v) is 13.9. The van der Waals surface area contributed by atoms with Crippen LogP contribution in [0, 0.1) is 20.4 Å². The number of amides is 1. The minimum Gasteiger partial charge on any atom is -0.480 e. The second-order valence-electron chi connectivity index (χ2n) is 10.7. The number of hydrogen-bond acceptors (Lipinski definition) is 4. The molecule has 1 amide bonds. The summed E-state index contributed by atoms with van der Waals surface area (Å²) < 4.78 is 46.6. The number of carboxylic acid groups (broad SMARTS) is 1. The van der Waals surface area contributed by atoms with Gasteiger partial charge in [0, 0.05) is 18.2 Å². The number of pyridine rings is 1. The molecule has 2 heterocycles. The molecule has 2 atom stereocenters. The van der Waals surface area contributed by atoms with E-state index in [1.807, 2.05) is 6.08 Å². The molecule has 11 heteroatoms. The number of aliphatic carboxylic acids is 1. The second kappa shape index (κ2) is 17.0. The molecule has 0 aliphatic rings. The maximum Gasteiger partial charge on any atom is 1.00 e. The van der Waals surface area contributed by atoms with E-state index in [0.29, 0.717) is 22.2 Å². The molecule has 0 radical (unpaired) electrons. The zero-order valence-corrected chi connectivity index (χ0v) is 27.5. The van der Waals surface area contributed by atoms with E-state index < -0.39 is 40.7 Å². The average Bonchev–Trinajstić information content (AvgIpc) is 3.32. The van der Waals surface area contributed by atoms with E-state index in [-0.39, 0.29) is 56.0 Å². The van der Waals surface area contributed by atoms with Gasteiger partial charge in [0.15, 0.2) is 5.69 Å². The van der Waals surface area contributed by atoms with Crippen molar-refractivity contribution in [1.82, 2.24) is 14.9 Å². The van der Waals surface area contributed by atoms with Crippen molar-refractivity contribution in [3.05, 3.63) is 138 Å². The Morgan fingerprint density at radius 2 is 1.77 bits per heavy atom. The van der Waals surface area contributed by atoms with E-state index in [0.717, 1.165) is 19.1 Å². The Morgan fingerprint density at radius 1 is 1.11 bits per heavy atom. The van der Waals surface area contributed by atoms with Crippen LogP contribution in [0.3, 0.4) is 0 Å². The number of benzene rings is 1. The number of nitrogens with zero attached hydrogens (tertiary/aromatic N) is 2. The molecule has 0 aliphatic heterocycles. The van der Waals surface area contributed by atoms with Gasteiger partial charge in [-0.05, 0) is 69.2 Å². The number of carboxylic acids is 1. The first-order valence-electron chi connectivity index (χ1n) is 13.9. The quantitative estimate of drug-likeness (QED) is 0.0917. The molecule has 1 unspecified atom stereocenters. The molecule has 0 saturated carbocycles. The van der Waals surface area contributed by atoms with Crippen molar-refractivity contribution in [3.63, 3.8) is 0 Å². The van der Waals surface area contributed by atoms with Gasteiger partial charge in [0.05, 0.1) is 5.52 Å². The van der Waals surface area contributed by atoms with Crippen LogP contribution in [0.25, 0.3) is 5.52 Å². The van der Waals surface area contributed by atoms with E-state index in [1.54, 1.807) is 61.9 Å². The largest absolute Gasteiger partial charge is 1.00 e. The van der Waals surface area contributed by atoms with Gasteiger partial charge in [0.25, 0.3) is 5.91 Å². The number of rotatable bonds is 14. The summed E-state index contributed by atoms with van der Waals surface area (Å²) in [5.74, 6) is -5.54. The normalized spacial score (nSPS) is 14.0. The molecule has 0 aliphatic carbocycles. The van der Waals surface area contributed by atoms with E-state index in [1.165, 1.54) is 24.4 Å². The minimum atomic E-state index is -3.59. The number of hydrogen-bond donors (Lipinski definition) is 2. The molecule has 1 aromatic carbocycles. The molecule has 244 valence electrons. The Labute approximate surface area is 285 Å². The van der Waals surface area contributed by atoms with Crippen LogP contribution >= 0.6 is 0 Å². The molecule has 0 fully saturated rings. The van der Waals surface area contributed by atoms with Crippen molar-refractivity contribution in [1.29, 1.82) is 0 Å². The zero-order chi connectivity index (χ0) is 33.5. The van der Waals surface area contributed by atoms with Gasteiger partial charge < -0.3 is 22.6 Å². The van der Waals surface area contributed by atoms with Crippen LogP contribution in [0.2, 0.25) is 0 Å². The SMILES string of the molecule is C=C(C)C(F)(F)[C-]=C/C(=C(\[C-]=O)Cc1cccc(C[C@H](NC(=O)c2nn3ccccc3c2C)C(=O)O)c1)C(F)(/C=C/C)C(=C)C.[CH3-].[Li+].